The molecule has 3 N–H and O–H groups in total. The van der Waals surface area contributed by atoms with E-state index in [0.717, 1.165) is 12.1 Å². The largest absolute Gasteiger partial charge is 0.375 e. The SMILES string of the molecule is CCCOCc1cccc(C(=O)NN)n1. The van der Waals surface area contributed by atoms with Gasteiger partial charge in [-0.15, -0.1) is 0 Å². The minimum absolute atomic E-state index is 0.301. The van der Waals surface area contributed by atoms with Crippen LogP contribution in [0.5, 0.6) is 0 Å². The Bertz CT molecular complexity index is 328. The number of carbonyl (C=O) groups is 1. The maximum Gasteiger partial charge on any atom is 0.283 e. The summed E-state index contributed by atoms with van der Waals surface area (Å²) >= 11 is 0. The Morgan fingerprint density at radius 1 is 1.60 bits per heavy atom. The third-order valence-electron chi connectivity index (χ3n) is 1.77. The summed E-state index contributed by atoms with van der Waals surface area (Å²) in [4.78, 5) is 15.3. The fraction of sp³-hybridized carbons (Fsp3) is 0.400. The van der Waals surface area contributed by atoms with Gasteiger partial charge in [0.25, 0.3) is 5.91 Å². The molecular formula is C10H15N3O2. The number of amides is 1. The number of pyridine rings is 1. The van der Waals surface area contributed by atoms with Gasteiger partial charge in [-0.05, 0) is 18.6 Å². The summed E-state index contributed by atoms with van der Waals surface area (Å²) in [7, 11) is 0. The number of hydrogen-bond acceptors (Lipinski definition) is 4. The second-order valence-corrected chi connectivity index (χ2v) is 3.04. The number of hydrogen-bond donors (Lipinski definition) is 2. The number of aromatic nitrogens is 1. The summed E-state index contributed by atoms with van der Waals surface area (Å²) in [5.41, 5.74) is 3.06. The van der Waals surface area contributed by atoms with Gasteiger partial charge in [0, 0.05) is 6.61 Å². The lowest BCUT2D eigenvalue weighted by atomic mass is 10.3. The highest BCUT2D eigenvalue weighted by atomic mass is 16.5. The highest BCUT2D eigenvalue weighted by Crippen LogP contribution is 2.01. The zero-order valence-electron chi connectivity index (χ0n) is 8.69. The van der Waals surface area contributed by atoms with Crippen molar-refractivity contribution in [1.29, 1.82) is 0 Å². The van der Waals surface area contributed by atoms with Gasteiger partial charge in [-0.1, -0.05) is 13.0 Å². The van der Waals surface area contributed by atoms with Crippen molar-refractivity contribution in [2.45, 2.75) is 20.0 Å². The van der Waals surface area contributed by atoms with Gasteiger partial charge in [-0.2, -0.15) is 0 Å². The normalized spacial score (nSPS) is 10.0. The van der Waals surface area contributed by atoms with Crippen molar-refractivity contribution in [2.75, 3.05) is 6.61 Å². The number of rotatable bonds is 5. The van der Waals surface area contributed by atoms with E-state index in [1.807, 2.05) is 18.4 Å². The number of nitrogens with zero attached hydrogens (tertiary/aromatic N) is 1. The molecule has 0 saturated carbocycles. The monoisotopic (exact) mass is 209 g/mol. The van der Waals surface area contributed by atoms with Crippen LogP contribution < -0.4 is 11.3 Å². The first-order chi connectivity index (χ1) is 7.27. The van der Waals surface area contributed by atoms with Crippen LogP contribution in [0.25, 0.3) is 0 Å². The molecule has 0 bridgehead atoms. The first-order valence-corrected chi connectivity index (χ1v) is 4.82. The summed E-state index contributed by atoms with van der Waals surface area (Å²) in [5.74, 6) is 4.61. The molecular weight excluding hydrogens is 194 g/mol. The highest BCUT2D eigenvalue weighted by Gasteiger charge is 2.05. The molecule has 0 fully saturated rings. The third kappa shape index (κ3) is 3.65. The Labute approximate surface area is 88.6 Å². The van der Waals surface area contributed by atoms with E-state index >= 15 is 0 Å². The topological polar surface area (TPSA) is 77.2 Å². The van der Waals surface area contributed by atoms with Crippen LogP contribution in [-0.4, -0.2) is 17.5 Å². The summed E-state index contributed by atoms with van der Waals surface area (Å²) in [6.07, 6.45) is 0.961. The fourth-order valence-corrected chi connectivity index (χ4v) is 1.08. The molecule has 0 atom stereocenters. The standard InChI is InChI=1S/C10H15N3O2/c1-2-6-15-7-8-4-3-5-9(12-8)10(14)13-11/h3-5H,2,6-7,11H2,1H3,(H,13,14). The van der Waals surface area contributed by atoms with Gasteiger partial charge in [0.2, 0.25) is 0 Å². The fourth-order valence-electron chi connectivity index (χ4n) is 1.08. The Hall–Kier alpha value is -1.46. The van der Waals surface area contributed by atoms with Crippen LogP contribution in [0, 0.1) is 0 Å². The summed E-state index contributed by atoms with van der Waals surface area (Å²) in [5, 5.41) is 0. The molecule has 0 aliphatic rings. The lowest BCUT2D eigenvalue weighted by Crippen LogP contribution is -2.30. The van der Waals surface area contributed by atoms with E-state index in [-0.39, 0.29) is 0 Å². The first kappa shape index (κ1) is 11.6. The van der Waals surface area contributed by atoms with Gasteiger partial charge in [-0.3, -0.25) is 10.2 Å². The number of carbonyl (C=O) groups excluding carboxylic acids is 1. The molecule has 0 aromatic carbocycles. The van der Waals surface area contributed by atoms with Crippen LogP contribution in [0.4, 0.5) is 0 Å². The van der Waals surface area contributed by atoms with Crippen LogP contribution >= 0.6 is 0 Å². The van der Waals surface area contributed by atoms with Crippen LogP contribution in [-0.2, 0) is 11.3 Å². The predicted octanol–water partition coefficient (Wildman–Crippen LogP) is 0.612. The maximum absolute atomic E-state index is 11.2. The maximum atomic E-state index is 11.2. The van der Waals surface area contributed by atoms with Crippen molar-refractivity contribution in [3.05, 3.63) is 29.6 Å². The molecule has 0 unspecified atom stereocenters. The average molecular weight is 209 g/mol. The molecule has 5 heteroatoms. The van der Waals surface area contributed by atoms with Crippen molar-refractivity contribution in [2.24, 2.45) is 5.84 Å². The smallest absolute Gasteiger partial charge is 0.283 e. The molecule has 0 aliphatic carbocycles. The van der Waals surface area contributed by atoms with E-state index < -0.39 is 5.91 Å². The number of hydrazine groups is 1. The lowest BCUT2D eigenvalue weighted by Gasteiger charge is -2.04. The predicted molar refractivity (Wildman–Crippen MR) is 55.8 cm³/mol. The zero-order valence-corrected chi connectivity index (χ0v) is 8.69. The Balaban J connectivity index is 2.62. The van der Waals surface area contributed by atoms with Crippen LogP contribution in [0.15, 0.2) is 18.2 Å². The second-order valence-electron chi connectivity index (χ2n) is 3.04. The highest BCUT2D eigenvalue weighted by molar-refractivity contribution is 5.91. The van der Waals surface area contributed by atoms with E-state index in [1.54, 1.807) is 12.1 Å². The van der Waals surface area contributed by atoms with Gasteiger partial charge in [0.1, 0.15) is 5.69 Å². The van der Waals surface area contributed by atoms with Crippen molar-refractivity contribution in [1.82, 2.24) is 10.4 Å². The van der Waals surface area contributed by atoms with E-state index in [9.17, 15) is 4.79 Å². The molecule has 1 amide bonds. The molecule has 15 heavy (non-hydrogen) atoms. The van der Waals surface area contributed by atoms with E-state index in [2.05, 4.69) is 4.98 Å². The van der Waals surface area contributed by atoms with Crippen molar-refractivity contribution >= 4 is 5.91 Å². The Kier molecular flexibility index (Phi) is 4.73. The lowest BCUT2D eigenvalue weighted by molar-refractivity contribution is 0.0945. The molecule has 82 valence electrons. The summed E-state index contributed by atoms with van der Waals surface area (Å²) in [6, 6.07) is 5.16. The molecule has 0 spiro atoms. The minimum atomic E-state index is -0.396. The molecule has 1 heterocycles. The minimum Gasteiger partial charge on any atom is -0.375 e. The number of nitrogens with one attached hydrogen (secondary N) is 1. The molecule has 1 aromatic rings. The van der Waals surface area contributed by atoms with Crippen LogP contribution in [0.2, 0.25) is 0 Å². The Morgan fingerprint density at radius 3 is 3.07 bits per heavy atom. The number of nitrogen functional groups attached to an aromatic ring is 1. The van der Waals surface area contributed by atoms with Gasteiger partial charge < -0.3 is 4.74 Å². The summed E-state index contributed by atoms with van der Waals surface area (Å²) in [6.45, 7) is 3.14. The van der Waals surface area contributed by atoms with E-state index in [4.69, 9.17) is 10.6 Å². The van der Waals surface area contributed by atoms with Gasteiger partial charge in [0.05, 0.1) is 12.3 Å². The summed E-state index contributed by atoms with van der Waals surface area (Å²) < 4.78 is 5.31. The third-order valence-corrected chi connectivity index (χ3v) is 1.77. The quantitative estimate of drug-likeness (QED) is 0.322. The number of ether oxygens (including phenoxy) is 1. The van der Waals surface area contributed by atoms with Crippen LogP contribution in [0.1, 0.15) is 29.5 Å². The van der Waals surface area contributed by atoms with Gasteiger partial charge >= 0.3 is 0 Å². The molecule has 0 aliphatic heterocycles. The number of nitrogens with two attached hydrogens (primary N) is 1. The molecule has 1 rings (SSSR count). The molecule has 0 radical (unpaired) electrons. The first-order valence-electron chi connectivity index (χ1n) is 4.82. The molecule has 5 nitrogen and oxygen atoms in total. The Morgan fingerprint density at radius 2 is 2.40 bits per heavy atom. The van der Waals surface area contributed by atoms with E-state index in [0.29, 0.717) is 18.9 Å². The van der Waals surface area contributed by atoms with Gasteiger partial charge in [-0.25, -0.2) is 10.8 Å². The molecule has 0 saturated heterocycles. The van der Waals surface area contributed by atoms with E-state index in [1.165, 1.54) is 0 Å². The van der Waals surface area contributed by atoms with Crippen molar-refractivity contribution in [3.8, 4) is 0 Å². The van der Waals surface area contributed by atoms with Gasteiger partial charge in [0.15, 0.2) is 0 Å². The second kappa shape index (κ2) is 6.10. The average Bonchev–Trinajstić information content (AvgIpc) is 2.29. The van der Waals surface area contributed by atoms with Crippen molar-refractivity contribution < 1.29 is 9.53 Å². The molecule has 1 aromatic heterocycles. The van der Waals surface area contributed by atoms with Crippen molar-refractivity contribution in [3.63, 3.8) is 0 Å². The zero-order chi connectivity index (χ0) is 11.1. The van der Waals surface area contributed by atoms with Crippen LogP contribution in [0.3, 0.4) is 0 Å².